The number of aromatic nitrogens is 2. The van der Waals surface area contributed by atoms with Crippen LogP contribution in [0.1, 0.15) is 44.9 Å². The summed E-state index contributed by atoms with van der Waals surface area (Å²) in [5.41, 5.74) is 4.16. The Bertz CT molecular complexity index is 1480. The lowest BCUT2D eigenvalue weighted by atomic mass is 9.85. The van der Waals surface area contributed by atoms with E-state index in [1.165, 1.54) is 4.57 Å². The first-order chi connectivity index (χ1) is 16.1. The summed E-state index contributed by atoms with van der Waals surface area (Å²) in [6, 6.07) is 25.8. The van der Waals surface area contributed by atoms with Gasteiger partial charge in [0.2, 0.25) is 5.91 Å². The summed E-state index contributed by atoms with van der Waals surface area (Å²) in [5.74, 6) is -1.02. The predicted molar refractivity (Wildman–Crippen MR) is 123 cm³/mol. The molecule has 0 radical (unpaired) electrons. The molecule has 6 heteroatoms. The van der Waals surface area contributed by atoms with E-state index in [1.807, 2.05) is 54.6 Å². The smallest absolute Gasteiger partial charge is 0.338 e. The molecule has 6 nitrogen and oxygen atoms in total. The summed E-state index contributed by atoms with van der Waals surface area (Å²) < 4.78 is 6.96. The molecule has 0 bridgehead atoms. The van der Waals surface area contributed by atoms with Gasteiger partial charge in [-0.05, 0) is 47.9 Å². The van der Waals surface area contributed by atoms with E-state index in [0.717, 1.165) is 5.56 Å². The number of benzene rings is 3. The highest BCUT2D eigenvalue weighted by Crippen LogP contribution is 2.38. The van der Waals surface area contributed by atoms with E-state index < -0.39 is 11.9 Å². The number of ether oxygens (including phenoxy) is 1. The standard InChI is InChI=1S/C27H19N3O3/c1-17-21(15-28)25-29-22-12-5-6-13-23(22)30(25)26(31)24(17)19-10-7-11-20(14-19)27(32)33-16-18-8-3-2-4-9-18/h2-14,24H,16H2,1H3. The van der Waals surface area contributed by atoms with E-state index in [9.17, 15) is 14.9 Å². The molecule has 0 saturated carbocycles. The number of carbonyl (C=O) groups is 2. The first-order valence-corrected chi connectivity index (χ1v) is 10.5. The minimum Gasteiger partial charge on any atom is -0.457 e. The summed E-state index contributed by atoms with van der Waals surface area (Å²) in [7, 11) is 0. The number of allylic oxidation sites excluding steroid dienone is 2. The maximum Gasteiger partial charge on any atom is 0.338 e. The highest BCUT2D eigenvalue weighted by atomic mass is 16.5. The van der Waals surface area contributed by atoms with Crippen LogP contribution >= 0.6 is 0 Å². The van der Waals surface area contributed by atoms with Crippen molar-refractivity contribution in [3.05, 3.63) is 107 Å². The van der Waals surface area contributed by atoms with E-state index in [4.69, 9.17) is 4.74 Å². The number of nitriles is 1. The SMILES string of the molecule is CC1=C(C#N)c2nc3ccccc3n2C(=O)C1c1cccc(C(=O)OCc2ccccc2)c1. The van der Waals surface area contributed by atoms with Crippen LogP contribution in [0.5, 0.6) is 0 Å². The van der Waals surface area contributed by atoms with Crippen molar-refractivity contribution in [1.29, 1.82) is 5.26 Å². The molecule has 1 aliphatic rings. The fraction of sp³-hybridized carbons (Fsp3) is 0.111. The highest BCUT2D eigenvalue weighted by Gasteiger charge is 2.36. The first-order valence-electron chi connectivity index (χ1n) is 10.5. The van der Waals surface area contributed by atoms with Crippen LogP contribution < -0.4 is 0 Å². The third kappa shape index (κ3) is 3.50. The average molecular weight is 433 g/mol. The van der Waals surface area contributed by atoms with E-state index in [1.54, 1.807) is 31.2 Å². The topological polar surface area (TPSA) is 85.0 Å². The van der Waals surface area contributed by atoms with Gasteiger partial charge in [-0.3, -0.25) is 9.36 Å². The van der Waals surface area contributed by atoms with Crippen molar-refractivity contribution < 1.29 is 14.3 Å². The van der Waals surface area contributed by atoms with Crippen molar-refractivity contribution in [3.63, 3.8) is 0 Å². The molecule has 33 heavy (non-hydrogen) atoms. The van der Waals surface area contributed by atoms with Crippen molar-refractivity contribution in [2.24, 2.45) is 0 Å². The maximum atomic E-state index is 13.6. The molecule has 4 aromatic rings. The summed E-state index contributed by atoms with van der Waals surface area (Å²) in [5, 5.41) is 9.86. The number of rotatable bonds is 4. The molecule has 5 rings (SSSR count). The number of hydrogen-bond donors (Lipinski definition) is 0. The van der Waals surface area contributed by atoms with Crippen molar-refractivity contribution in [2.75, 3.05) is 0 Å². The Hall–Kier alpha value is -4.50. The highest BCUT2D eigenvalue weighted by molar-refractivity contribution is 6.04. The zero-order valence-corrected chi connectivity index (χ0v) is 17.9. The Morgan fingerprint density at radius 1 is 1.06 bits per heavy atom. The zero-order chi connectivity index (χ0) is 22.9. The molecule has 0 spiro atoms. The molecule has 0 amide bonds. The van der Waals surface area contributed by atoms with Crippen LogP contribution in [0.3, 0.4) is 0 Å². The lowest BCUT2D eigenvalue weighted by Crippen LogP contribution is -2.27. The Labute approximate surface area is 190 Å². The molecule has 0 fully saturated rings. The van der Waals surface area contributed by atoms with Crippen LogP contribution in [-0.4, -0.2) is 21.4 Å². The Kier molecular flexibility index (Phi) is 5.08. The molecule has 0 N–H and O–H groups in total. The second kappa shape index (κ2) is 8.21. The molecule has 1 unspecified atom stereocenters. The minimum absolute atomic E-state index is 0.161. The molecule has 1 aliphatic heterocycles. The number of imidazole rings is 1. The quantitative estimate of drug-likeness (QED) is 0.417. The minimum atomic E-state index is -0.702. The van der Waals surface area contributed by atoms with Crippen LogP contribution in [0.4, 0.5) is 0 Å². The Morgan fingerprint density at radius 3 is 2.61 bits per heavy atom. The molecular weight excluding hydrogens is 414 g/mol. The van der Waals surface area contributed by atoms with Gasteiger partial charge in [0.05, 0.1) is 28.1 Å². The van der Waals surface area contributed by atoms with Gasteiger partial charge in [-0.25, -0.2) is 9.78 Å². The van der Waals surface area contributed by atoms with E-state index in [-0.39, 0.29) is 12.5 Å². The van der Waals surface area contributed by atoms with Crippen LogP contribution in [0.15, 0.2) is 84.4 Å². The zero-order valence-electron chi connectivity index (χ0n) is 17.9. The second-order valence-corrected chi connectivity index (χ2v) is 7.89. The van der Waals surface area contributed by atoms with Gasteiger partial charge < -0.3 is 4.74 Å². The number of esters is 1. The molecule has 3 aromatic carbocycles. The van der Waals surface area contributed by atoms with Crippen molar-refractivity contribution in [3.8, 4) is 6.07 Å². The average Bonchev–Trinajstić information content (AvgIpc) is 3.23. The summed E-state index contributed by atoms with van der Waals surface area (Å²) in [6.45, 7) is 1.93. The summed E-state index contributed by atoms with van der Waals surface area (Å²) in [4.78, 5) is 30.8. The largest absolute Gasteiger partial charge is 0.457 e. The van der Waals surface area contributed by atoms with Crippen molar-refractivity contribution >= 4 is 28.5 Å². The van der Waals surface area contributed by atoms with Gasteiger partial charge in [-0.2, -0.15) is 5.26 Å². The number of carbonyl (C=O) groups excluding carboxylic acids is 2. The predicted octanol–water partition coefficient (Wildman–Crippen LogP) is 5.13. The van der Waals surface area contributed by atoms with Crippen molar-refractivity contribution in [2.45, 2.75) is 19.4 Å². The van der Waals surface area contributed by atoms with Crippen LogP contribution in [0.25, 0.3) is 16.6 Å². The monoisotopic (exact) mass is 433 g/mol. The molecule has 0 saturated heterocycles. The normalized spacial score (nSPS) is 15.3. The van der Waals surface area contributed by atoms with Gasteiger partial charge in [0, 0.05) is 0 Å². The van der Waals surface area contributed by atoms with E-state index >= 15 is 0 Å². The second-order valence-electron chi connectivity index (χ2n) is 7.89. The summed E-state index contributed by atoms with van der Waals surface area (Å²) >= 11 is 0. The molecule has 0 aliphatic carbocycles. The van der Waals surface area contributed by atoms with E-state index in [2.05, 4.69) is 11.1 Å². The molecular formula is C27H19N3O3. The fourth-order valence-corrected chi connectivity index (χ4v) is 4.23. The Morgan fingerprint density at radius 2 is 1.82 bits per heavy atom. The van der Waals surface area contributed by atoms with Gasteiger partial charge in [-0.1, -0.05) is 54.6 Å². The van der Waals surface area contributed by atoms with Crippen molar-refractivity contribution in [1.82, 2.24) is 9.55 Å². The Balaban J connectivity index is 1.51. The van der Waals surface area contributed by atoms with Gasteiger partial charge in [0.25, 0.3) is 0 Å². The summed E-state index contributed by atoms with van der Waals surface area (Å²) in [6.07, 6.45) is 0. The number of para-hydroxylation sites is 2. The lowest BCUT2D eigenvalue weighted by molar-refractivity contribution is 0.0472. The molecule has 1 atom stereocenters. The van der Waals surface area contributed by atoms with E-state index in [0.29, 0.717) is 39.1 Å². The molecule has 2 heterocycles. The number of nitrogens with zero attached hydrogens (tertiary/aromatic N) is 3. The van der Waals surface area contributed by atoms with Gasteiger partial charge >= 0.3 is 5.97 Å². The van der Waals surface area contributed by atoms with Gasteiger partial charge in [0.15, 0.2) is 5.82 Å². The third-order valence-corrected chi connectivity index (χ3v) is 5.86. The van der Waals surface area contributed by atoms with Crippen LogP contribution in [0.2, 0.25) is 0 Å². The van der Waals surface area contributed by atoms with Crippen LogP contribution in [0, 0.1) is 11.3 Å². The molecule has 160 valence electrons. The van der Waals surface area contributed by atoms with Crippen LogP contribution in [-0.2, 0) is 11.3 Å². The fourth-order valence-electron chi connectivity index (χ4n) is 4.23. The van der Waals surface area contributed by atoms with Gasteiger partial charge in [0.1, 0.15) is 12.7 Å². The van der Waals surface area contributed by atoms with Gasteiger partial charge in [-0.15, -0.1) is 0 Å². The third-order valence-electron chi connectivity index (χ3n) is 5.86. The first kappa shape index (κ1) is 20.4. The lowest BCUT2D eigenvalue weighted by Gasteiger charge is -2.25. The number of hydrogen-bond acceptors (Lipinski definition) is 5. The maximum absolute atomic E-state index is 13.6. The molecule has 1 aromatic heterocycles. The number of fused-ring (bicyclic) bond motifs is 3.